The highest BCUT2D eigenvalue weighted by Gasteiger charge is 2.24. The van der Waals surface area contributed by atoms with Gasteiger partial charge in [0.25, 0.3) is 0 Å². The molecule has 0 fully saturated rings. The maximum absolute atomic E-state index is 10.3. The van der Waals surface area contributed by atoms with E-state index in [1.165, 1.54) is 4.68 Å². The van der Waals surface area contributed by atoms with E-state index in [9.17, 15) is 10.2 Å². The largest absolute Gasteiger partial charge is 0.492 e. The van der Waals surface area contributed by atoms with Gasteiger partial charge in [0.15, 0.2) is 0 Å². The summed E-state index contributed by atoms with van der Waals surface area (Å²) in [6.45, 7) is 7.07. The summed E-state index contributed by atoms with van der Waals surface area (Å²) in [6, 6.07) is 14.0. The third-order valence-electron chi connectivity index (χ3n) is 5.78. The first-order valence-corrected chi connectivity index (χ1v) is 13.6. The van der Waals surface area contributed by atoms with Crippen molar-refractivity contribution >= 4 is 50.1 Å². The molecule has 2 aromatic carbocycles. The third-order valence-corrected chi connectivity index (χ3v) is 7.77. The van der Waals surface area contributed by atoms with Crippen molar-refractivity contribution in [3.8, 4) is 11.5 Å². The summed E-state index contributed by atoms with van der Waals surface area (Å²) in [4.78, 5) is 0. The molecule has 0 amide bonds. The number of alkyl halides is 1. The van der Waals surface area contributed by atoms with Crippen molar-refractivity contribution in [2.75, 3.05) is 19.1 Å². The van der Waals surface area contributed by atoms with E-state index in [0.29, 0.717) is 27.6 Å². The van der Waals surface area contributed by atoms with Gasteiger partial charge in [-0.3, -0.25) is 0 Å². The molecule has 7 nitrogen and oxygen atoms in total. The van der Waals surface area contributed by atoms with Crippen LogP contribution < -0.4 is 9.47 Å². The summed E-state index contributed by atoms with van der Waals surface area (Å²) in [6.07, 6.45) is -0.792. The molecule has 2 atom stereocenters. The molecular weight excluding hydrogens is 645 g/mol. The Hall–Kier alpha value is -1.40. The Labute approximate surface area is 233 Å². The van der Waals surface area contributed by atoms with Gasteiger partial charge in [0.2, 0.25) is 0 Å². The van der Waals surface area contributed by atoms with Gasteiger partial charge in [0.1, 0.15) is 27.9 Å². The van der Waals surface area contributed by atoms with Crippen LogP contribution in [0.3, 0.4) is 0 Å². The van der Waals surface area contributed by atoms with Crippen LogP contribution in [-0.2, 0) is 18.6 Å². The Morgan fingerprint density at radius 2 is 1.80 bits per heavy atom. The molecule has 0 unspecified atom stereocenters. The number of hydrogen-bond acceptors (Lipinski definition) is 6. The fourth-order valence-corrected chi connectivity index (χ4v) is 4.60. The molecule has 1 heterocycles. The number of halogens is 3. The molecule has 0 aliphatic rings. The van der Waals surface area contributed by atoms with Crippen LogP contribution in [0.2, 0.25) is 0 Å². The Bertz CT molecular complexity index is 1110. The summed E-state index contributed by atoms with van der Waals surface area (Å²) < 4.78 is 14.7. The van der Waals surface area contributed by atoms with Gasteiger partial charge in [-0.2, -0.15) is 0 Å². The third kappa shape index (κ3) is 7.31. The van der Waals surface area contributed by atoms with Crippen molar-refractivity contribution in [2.24, 2.45) is 5.92 Å². The molecule has 1 aromatic heterocycles. The van der Waals surface area contributed by atoms with E-state index in [2.05, 4.69) is 59.1 Å². The molecule has 3 aromatic rings. The van der Waals surface area contributed by atoms with Crippen molar-refractivity contribution < 1.29 is 19.7 Å². The molecule has 0 saturated carbocycles. The van der Waals surface area contributed by atoms with Crippen LogP contribution in [-0.4, -0.2) is 50.4 Å². The van der Waals surface area contributed by atoms with Gasteiger partial charge in [0.05, 0.1) is 29.9 Å². The lowest BCUT2D eigenvalue weighted by Crippen LogP contribution is -2.25. The number of benzene rings is 2. The van der Waals surface area contributed by atoms with Crippen LogP contribution in [0.1, 0.15) is 37.6 Å². The average molecular weight is 675 g/mol. The topological polar surface area (TPSA) is 89.6 Å². The van der Waals surface area contributed by atoms with Gasteiger partial charge >= 0.3 is 0 Å². The SMILES string of the molecule is C[C@H](CCl)COc1ccc(C(C)(C)c2ccc(OC[C@@H](O)Cn3nnc([123I])c3CO)cc2)cc1Br. The zero-order valence-corrected chi connectivity index (χ0v) is 24.4. The molecule has 0 radical (unpaired) electrons. The van der Waals surface area contributed by atoms with Crippen molar-refractivity contribution in [3.05, 3.63) is 67.5 Å². The van der Waals surface area contributed by atoms with Crippen molar-refractivity contribution in [1.82, 2.24) is 15.0 Å². The van der Waals surface area contributed by atoms with Crippen LogP contribution in [0.25, 0.3) is 0 Å². The Morgan fingerprint density at radius 1 is 1.11 bits per heavy atom. The lowest BCUT2D eigenvalue weighted by atomic mass is 9.78. The number of aliphatic hydroxyl groups excluding tert-OH is 2. The molecule has 3 rings (SSSR count). The molecule has 0 spiro atoms. The molecule has 10 heteroatoms. The number of aromatic nitrogens is 3. The minimum absolute atomic E-state index is 0.0980. The van der Waals surface area contributed by atoms with Crippen LogP contribution in [0.15, 0.2) is 46.9 Å². The van der Waals surface area contributed by atoms with Crippen LogP contribution >= 0.6 is 50.1 Å². The number of ether oxygens (including phenoxy) is 2. The second-order valence-electron chi connectivity index (χ2n) is 9.00. The molecule has 0 aliphatic carbocycles. The molecular formula is C25H30BrClIN3O4. The molecule has 0 aliphatic heterocycles. The minimum Gasteiger partial charge on any atom is -0.492 e. The molecule has 2 N–H and O–H groups in total. The zero-order valence-electron chi connectivity index (χ0n) is 19.9. The first-order valence-electron chi connectivity index (χ1n) is 11.2. The fourth-order valence-electron chi connectivity index (χ4n) is 3.47. The first-order chi connectivity index (χ1) is 16.6. The van der Waals surface area contributed by atoms with Gasteiger partial charge in [-0.25, -0.2) is 4.68 Å². The highest BCUT2D eigenvalue weighted by Crippen LogP contribution is 2.36. The van der Waals surface area contributed by atoms with E-state index in [1.807, 2.05) is 52.9 Å². The lowest BCUT2D eigenvalue weighted by Gasteiger charge is -2.27. The zero-order chi connectivity index (χ0) is 25.6. The molecule has 0 bridgehead atoms. The number of nitrogens with zero attached hydrogens (tertiary/aromatic N) is 3. The van der Waals surface area contributed by atoms with Crippen LogP contribution in [0.5, 0.6) is 11.5 Å². The summed E-state index contributed by atoms with van der Waals surface area (Å²) in [5.74, 6) is 2.31. The second-order valence-corrected chi connectivity index (χ2v) is 11.2. The monoisotopic (exact) mass is 673 g/mol. The highest BCUT2D eigenvalue weighted by molar-refractivity contribution is 14.1. The number of rotatable bonds is 12. The summed E-state index contributed by atoms with van der Waals surface area (Å²) in [5, 5.41) is 27.6. The van der Waals surface area contributed by atoms with E-state index in [1.54, 1.807) is 0 Å². The predicted octanol–water partition coefficient (Wildman–Crippen LogP) is 5.16. The fraction of sp³-hybridized carbons (Fsp3) is 0.440. The minimum atomic E-state index is -0.792. The quantitative estimate of drug-likeness (QED) is 0.204. The standard InChI is InChI=1S/C25H30BrClIN3O4/c1-16(11-27)14-35-23-9-6-18(10-21(23)26)25(2,3)17-4-7-20(8-5-17)34-15-19(33)12-31-22(13-32)24(28)29-30-31/h4-10,16,19,32-33H,11-15H2,1-3H3/t16-,19+/m1/s1/i28-4. The maximum atomic E-state index is 10.3. The van der Waals surface area contributed by atoms with E-state index in [0.717, 1.165) is 21.3 Å². The highest BCUT2D eigenvalue weighted by atomic mass is 123. The first kappa shape index (κ1) is 28.2. The van der Waals surface area contributed by atoms with Gasteiger partial charge in [-0.15, -0.1) is 16.7 Å². The summed E-state index contributed by atoms with van der Waals surface area (Å²) in [5.41, 5.74) is 2.61. The van der Waals surface area contributed by atoms with E-state index in [-0.39, 0.29) is 31.1 Å². The predicted molar refractivity (Wildman–Crippen MR) is 148 cm³/mol. The second kappa shape index (κ2) is 12.7. The van der Waals surface area contributed by atoms with Crippen LogP contribution in [0, 0.1) is 9.62 Å². The average Bonchev–Trinajstić information content (AvgIpc) is 3.20. The van der Waals surface area contributed by atoms with E-state index < -0.39 is 6.10 Å². The van der Waals surface area contributed by atoms with E-state index >= 15 is 0 Å². The van der Waals surface area contributed by atoms with Gasteiger partial charge in [-0.05, 0) is 73.9 Å². The van der Waals surface area contributed by atoms with Gasteiger partial charge in [-0.1, -0.05) is 44.2 Å². The summed E-state index contributed by atoms with van der Waals surface area (Å²) in [7, 11) is 0. The summed E-state index contributed by atoms with van der Waals surface area (Å²) >= 11 is 11.5. The Kier molecular flexibility index (Phi) is 10.2. The normalized spacial score (nSPS) is 13.5. The van der Waals surface area contributed by atoms with Gasteiger partial charge < -0.3 is 19.7 Å². The number of hydrogen-bond donors (Lipinski definition) is 2. The smallest absolute Gasteiger partial charge is 0.149 e. The Morgan fingerprint density at radius 3 is 2.43 bits per heavy atom. The van der Waals surface area contributed by atoms with Crippen molar-refractivity contribution in [3.63, 3.8) is 0 Å². The van der Waals surface area contributed by atoms with E-state index in [4.69, 9.17) is 21.1 Å². The number of aliphatic hydroxyl groups is 2. The molecule has 0 saturated heterocycles. The maximum Gasteiger partial charge on any atom is 0.149 e. The van der Waals surface area contributed by atoms with Crippen molar-refractivity contribution in [1.29, 1.82) is 0 Å². The van der Waals surface area contributed by atoms with Gasteiger partial charge in [0, 0.05) is 17.2 Å². The molecule has 35 heavy (non-hydrogen) atoms. The Balaban J connectivity index is 1.61. The van der Waals surface area contributed by atoms with Crippen LogP contribution in [0.4, 0.5) is 0 Å². The van der Waals surface area contributed by atoms with Crippen molar-refractivity contribution in [2.45, 2.75) is 45.4 Å². The lowest BCUT2D eigenvalue weighted by molar-refractivity contribution is 0.0866. The molecule has 190 valence electrons.